The molecule has 1 aromatic carbocycles. The van der Waals surface area contributed by atoms with E-state index in [2.05, 4.69) is 10.00 Å². The first-order valence-electron chi connectivity index (χ1n) is 9.73. The summed E-state index contributed by atoms with van der Waals surface area (Å²) in [5.41, 5.74) is 1.75. The van der Waals surface area contributed by atoms with Crippen LogP contribution in [-0.2, 0) is 16.1 Å². The van der Waals surface area contributed by atoms with Crippen LogP contribution in [0, 0.1) is 6.92 Å². The first kappa shape index (κ1) is 19.1. The maximum absolute atomic E-state index is 12.7. The van der Waals surface area contributed by atoms with Gasteiger partial charge in [-0.25, -0.2) is 4.79 Å². The Bertz CT molecular complexity index is 807. The molecule has 1 aliphatic carbocycles. The third-order valence-electron chi connectivity index (χ3n) is 5.08. The van der Waals surface area contributed by atoms with Gasteiger partial charge in [-0.15, -0.1) is 4.68 Å². The van der Waals surface area contributed by atoms with Gasteiger partial charge in [-0.05, 0) is 38.3 Å². The lowest BCUT2D eigenvalue weighted by Gasteiger charge is -2.21. The summed E-state index contributed by atoms with van der Waals surface area (Å²) < 4.78 is 9.23. The minimum atomic E-state index is -0.422. The number of esters is 1. The summed E-state index contributed by atoms with van der Waals surface area (Å²) in [4.78, 5) is 24.9. The highest BCUT2D eigenvalue weighted by molar-refractivity contribution is 6.01. The van der Waals surface area contributed by atoms with Crippen LogP contribution in [0.4, 0.5) is 5.69 Å². The topological polar surface area (TPSA) is 64.2 Å². The Kier molecular flexibility index (Phi) is 6.27. The van der Waals surface area contributed by atoms with Crippen molar-refractivity contribution in [1.82, 2.24) is 4.68 Å². The predicted molar refractivity (Wildman–Crippen MR) is 103 cm³/mol. The van der Waals surface area contributed by atoms with E-state index in [0.29, 0.717) is 23.9 Å². The van der Waals surface area contributed by atoms with E-state index in [0.717, 1.165) is 18.4 Å². The number of ether oxygens (including phenoxy) is 1. The van der Waals surface area contributed by atoms with Gasteiger partial charge >= 0.3 is 5.97 Å². The zero-order valence-electron chi connectivity index (χ0n) is 16.1. The van der Waals surface area contributed by atoms with Crippen molar-refractivity contribution in [3.05, 3.63) is 47.8 Å². The Hall–Kier alpha value is -2.63. The molecule has 0 saturated heterocycles. The number of para-hydroxylation sites is 1. The average molecular weight is 370 g/mol. The van der Waals surface area contributed by atoms with E-state index in [9.17, 15) is 9.59 Å². The van der Waals surface area contributed by atoms with Gasteiger partial charge < -0.3 is 10.1 Å². The van der Waals surface area contributed by atoms with Gasteiger partial charge in [0.1, 0.15) is 0 Å². The minimum Gasteiger partial charge on any atom is -0.462 e. The van der Waals surface area contributed by atoms with Crippen molar-refractivity contribution < 1.29 is 19.0 Å². The average Bonchev–Trinajstić information content (AvgIpc) is 3.12. The second-order valence-corrected chi connectivity index (χ2v) is 7.03. The van der Waals surface area contributed by atoms with Gasteiger partial charge in [-0.1, -0.05) is 31.4 Å². The fourth-order valence-corrected chi connectivity index (χ4v) is 3.74. The number of rotatable bonds is 6. The highest BCUT2D eigenvalue weighted by atomic mass is 16.5. The molecule has 0 radical (unpaired) electrons. The van der Waals surface area contributed by atoms with Gasteiger partial charge in [0.15, 0.2) is 6.20 Å². The van der Waals surface area contributed by atoms with Crippen LogP contribution >= 0.6 is 0 Å². The maximum Gasteiger partial charge on any atom is 0.340 e. The Balaban J connectivity index is 1.74. The lowest BCUT2D eigenvalue weighted by Crippen LogP contribution is -2.48. The number of aryl methyl sites for hydroxylation is 1. The summed E-state index contributed by atoms with van der Waals surface area (Å²) in [6.45, 7) is 4.14. The Morgan fingerprint density at radius 3 is 2.74 bits per heavy atom. The third-order valence-corrected chi connectivity index (χ3v) is 5.08. The number of carbonyl (C=O) groups excluding carboxylic acids is 2. The molecule has 0 atom stereocenters. The van der Waals surface area contributed by atoms with Gasteiger partial charge in [0, 0.05) is 6.07 Å². The SMILES string of the molecule is CCOC(=O)c1cccc(C)c1NC(=O)C[n+]1cccn1C1CCCCC1. The van der Waals surface area contributed by atoms with Crippen LogP contribution in [0.25, 0.3) is 0 Å². The molecule has 0 aliphatic heterocycles. The van der Waals surface area contributed by atoms with E-state index in [1.807, 2.05) is 36.1 Å². The Morgan fingerprint density at radius 1 is 1.22 bits per heavy atom. The molecule has 1 saturated carbocycles. The monoisotopic (exact) mass is 370 g/mol. The van der Waals surface area contributed by atoms with E-state index in [1.165, 1.54) is 19.3 Å². The molecule has 27 heavy (non-hydrogen) atoms. The Labute approximate surface area is 160 Å². The van der Waals surface area contributed by atoms with Gasteiger partial charge in [0.2, 0.25) is 6.54 Å². The van der Waals surface area contributed by atoms with Gasteiger partial charge in [0.25, 0.3) is 5.91 Å². The van der Waals surface area contributed by atoms with Crippen molar-refractivity contribution in [1.29, 1.82) is 0 Å². The predicted octanol–water partition coefficient (Wildman–Crippen LogP) is 3.40. The molecule has 0 spiro atoms. The zero-order chi connectivity index (χ0) is 19.2. The van der Waals surface area contributed by atoms with Crippen LogP contribution in [0.15, 0.2) is 36.7 Å². The highest BCUT2D eigenvalue weighted by Gasteiger charge is 2.24. The van der Waals surface area contributed by atoms with Crippen molar-refractivity contribution in [2.45, 2.75) is 58.5 Å². The van der Waals surface area contributed by atoms with Gasteiger partial charge in [-0.2, -0.15) is 4.68 Å². The lowest BCUT2D eigenvalue weighted by atomic mass is 9.96. The summed E-state index contributed by atoms with van der Waals surface area (Å²) in [5.74, 6) is -0.578. The van der Waals surface area contributed by atoms with Crippen molar-refractivity contribution in [2.75, 3.05) is 11.9 Å². The van der Waals surface area contributed by atoms with Gasteiger partial charge in [0.05, 0.1) is 30.1 Å². The quantitative estimate of drug-likeness (QED) is 0.626. The number of hydrogen-bond acceptors (Lipinski definition) is 3. The van der Waals surface area contributed by atoms with Crippen molar-refractivity contribution in [3.8, 4) is 0 Å². The molecule has 3 rings (SSSR count). The molecular formula is C21H28N3O3+. The molecule has 2 aromatic rings. The number of hydrogen-bond donors (Lipinski definition) is 1. The number of nitrogens with one attached hydrogen (secondary N) is 1. The molecule has 1 heterocycles. The molecule has 1 aromatic heterocycles. The molecule has 0 bridgehead atoms. The molecule has 0 unspecified atom stereocenters. The van der Waals surface area contributed by atoms with Crippen molar-refractivity contribution in [3.63, 3.8) is 0 Å². The molecule has 6 heteroatoms. The molecule has 6 nitrogen and oxygen atoms in total. The summed E-state index contributed by atoms with van der Waals surface area (Å²) in [7, 11) is 0. The summed E-state index contributed by atoms with van der Waals surface area (Å²) in [5, 5.41) is 2.91. The van der Waals surface area contributed by atoms with E-state index in [1.54, 1.807) is 19.1 Å². The number of amides is 1. The van der Waals surface area contributed by atoms with Crippen LogP contribution in [0.1, 0.15) is 61.0 Å². The molecule has 1 amide bonds. The van der Waals surface area contributed by atoms with Crippen LogP contribution in [0.5, 0.6) is 0 Å². The molecular weight excluding hydrogens is 342 g/mol. The van der Waals surface area contributed by atoms with Crippen LogP contribution in [0.2, 0.25) is 0 Å². The number of anilines is 1. The summed E-state index contributed by atoms with van der Waals surface area (Å²) >= 11 is 0. The first-order chi connectivity index (χ1) is 13.1. The fourth-order valence-electron chi connectivity index (χ4n) is 3.74. The largest absolute Gasteiger partial charge is 0.462 e. The molecule has 144 valence electrons. The highest BCUT2D eigenvalue weighted by Crippen LogP contribution is 2.26. The fraction of sp³-hybridized carbons (Fsp3) is 0.476. The minimum absolute atomic E-state index is 0.157. The van der Waals surface area contributed by atoms with E-state index in [4.69, 9.17) is 4.74 Å². The van der Waals surface area contributed by atoms with Crippen LogP contribution < -0.4 is 10.00 Å². The standard InChI is InChI=1S/C21H27N3O3/c1-3-27-21(26)18-12-7-9-16(2)20(18)22-19(25)15-23-13-8-14-24(23)17-10-5-4-6-11-17/h7-9,12-14,17H,3-6,10-11,15H2,1-2H3/p+1. The molecule has 1 fully saturated rings. The Morgan fingerprint density at radius 2 is 2.00 bits per heavy atom. The first-order valence-corrected chi connectivity index (χ1v) is 9.73. The van der Waals surface area contributed by atoms with E-state index < -0.39 is 5.97 Å². The van der Waals surface area contributed by atoms with Gasteiger partial charge in [-0.3, -0.25) is 4.79 Å². The normalized spacial score (nSPS) is 14.7. The summed E-state index contributed by atoms with van der Waals surface area (Å²) in [6.07, 6.45) is 10.0. The second-order valence-electron chi connectivity index (χ2n) is 7.03. The number of benzene rings is 1. The van der Waals surface area contributed by atoms with Crippen molar-refractivity contribution >= 4 is 17.6 Å². The van der Waals surface area contributed by atoms with Crippen molar-refractivity contribution in [2.24, 2.45) is 0 Å². The van der Waals surface area contributed by atoms with E-state index >= 15 is 0 Å². The smallest absolute Gasteiger partial charge is 0.340 e. The molecule has 1 N–H and O–H groups in total. The second kappa shape index (κ2) is 8.84. The number of carbonyl (C=O) groups is 2. The number of aromatic nitrogens is 2. The van der Waals surface area contributed by atoms with Crippen LogP contribution in [-0.4, -0.2) is 23.2 Å². The third kappa shape index (κ3) is 4.56. The maximum atomic E-state index is 12.7. The lowest BCUT2D eigenvalue weighted by molar-refractivity contribution is -0.767. The molecule has 1 aliphatic rings. The zero-order valence-corrected chi connectivity index (χ0v) is 16.1. The summed E-state index contributed by atoms with van der Waals surface area (Å²) in [6, 6.07) is 7.77. The van der Waals surface area contributed by atoms with Crippen LogP contribution in [0.3, 0.4) is 0 Å². The number of nitrogens with zero attached hydrogens (tertiary/aromatic N) is 2. The van der Waals surface area contributed by atoms with E-state index in [-0.39, 0.29) is 12.5 Å².